The molecule has 2 aliphatic heterocycles. The van der Waals surface area contributed by atoms with E-state index >= 15 is 0 Å². The third-order valence-corrected chi connectivity index (χ3v) is 7.09. The minimum atomic E-state index is -0.624. The van der Waals surface area contributed by atoms with Gasteiger partial charge in [0.1, 0.15) is 18.2 Å². The van der Waals surface area contributed by atoms with Crippen LogP contribution >= 0.6 is 0 Å². The predicted molar refractivity (Wildman–Crippen MR) is 124 cm³/mol. The van der Waals surface area contributed by atoms with E-state index in [1.165, 1.54) is 0 Å². The van der Waals surface area contributed by atoms with Crippen LogP contribution in [0.15, 0.2) is 30.3 Å². The number of ether oxygens (including phenoxy) is 2. The molecule has 2 saturated heterocycles. The third kappa shape index (κ3) is 5.29. The van der Waals surface area contributed by atoms with Gasteiger partial charge in [-0.3, -0.25) is 4.79 Å². The van der Waals surface area contributed by atoms with Crippen LogP contribution < -0.4 is 5.32 Å². The Bertz CT molecular complexity index is 902. The zero-order valence-electron chi connectivity index (χ0n) is 20.1. The van der Waals surface area contributed by atoms with Crippen LogP contribution in [-0.4, -0.2) is 76.9 Å². The van der Waals surface area contributed by atoms with E-state index in [0.29, 0.717) is 26.1 Å². The summed E-state index contributed by atoms with van der Waals surface area (Å²) in [5, 5.41) is 12.9. The number of nitrogens with zero attached hydrogens (tertiary/aromatic N) is 2. The summed E-state index contributed by atoms with van der Waals surface area (Å²) >= 11 is 0. The monoisotopic (exact) mass is 473 g/mol. The molecule has 9 heteroatoms. The van der Waals surface area contributed by atoms with Gasteiger partial charge in [-0.15, -0.1) is 0 Å². The third-order valence-electron chi connectivity index (χ3n) is 7.09. The van der Waals surface area contributed by atoms with Crippen LogP contribution in [0.4, 0.5) is 9.59 Å². The van der Waals surface area contributed by atoms with Crippen molar-refractivity contribution in [1.82, 2.24) is 15.1 Å². The maximum atomic E-state index is 13.1. The van der Waals surface area contributed by atoms with Crippen LogP contribution in [0.5, 0.6) is 0 Å². The second kappa shape index (κ2) is 9.82. The number of alkyl carbamates (subject to hydrolysis) is 1. The molecule has 34 heavy (non-hydrogen) atoms. The maximum absolute atomic E-state index is 13.1. The molecule has 2 heterocycles. The lowest BCUT2D eigenvalue weighted by Crippen LogP contribution is -2.47. The van der Waals surface area contributed by atoms with Gasteiger partial charge >= 0.3 is 12.2 Å². The predicted octanol–water partition coefficient (Wildman–Crippen LogP) is 2.38. The fourth-order valence-corrected chi connectivity index (χ4v) is 5.56. The summed E-state index contributed by atoms with van der Waals surface area (Å²) in [7, 11) is 0. The van der Waals surface area contributed by atoms with Gasteiger partial charge in [0, 0.05) is 38.2 Å². The molecule has 186 valence electrons. The largest absolute Gasteiger partial charge is 0.445 e. The second-order valence-electron chi connectivity index (χ2n) is 10.5. The Hall–Kier alpha value is -2.81. The van der Waals surface area contributed by atoms with Crippen molar-refractivity contribution >= 4 is 18.1 Å². The molecule has 3 aliphatic rings. The van der Waals surface area contributed by atoms with E-state index in [2.05, 4.69) is 5.32 Å². The lowest BCUT2D eigenvalue weighted by Gasteiger charge is -2.32. The van der Waals surface area contributed by atoms with Crippen molar-refractivity contribution < 1.29 is 29.0 Å². The molecule has 5 atom stereocenters. The molecule has 0 radical (unpaired) electrons. The summed E-state index contributed by atoms with van der Waals surface area (Å²) < 4.78 is 10.8. The topological polar surface area (TPSA) is 108 Å². The molecular weight excluding hydrogens is 438 g/mol. The average Bonchev–Trinajstić information content (AvgIpc) is 3.44. The Balaban J connectivity index is 1.31. The molecule has 2 N–H and O–H groups in total. The van der Waals surface area contributed by atoms with Crippen molar-refractivity contribution in [2.24, 2.45) is 17.8 Å². The minimum Gasteiger partial charge on any atom is -0.445 e. The van der Waals surface area contributed by atoms with Crippen LogP contribution in [0.25, 0.3) is 0 Å². The summed E-state index contributed by atoms with van der Waals surface area (Å²) in [5.74, 6) is 0.0951. The SMILES string of the molecule is CC(C)(C)OC(=O)N1CC2CC(N3CCC(NC(=O)OCc4ccccc4)C3=O)C(CO)C2C1. The number of hydrogen-bond acceptors (Lipinski definition) is 6. The molecule has 4 rings (SSSR count). The normalized spacial score (nSPS) is 28.7. The number of aliphatic hydroxyl groups is 1. The first-order valence-electron chi connectivity index (χ1n) is 12.0. The first kappa shape index (κ1) is 24.3. The Kier molecular flexibility index (Phi) is 7.02. The Morgan fingerprint density at radius 1 is 1.18 bits per heavy atom. The van der Waals surface area contributed by atoms with Gasteiger partial charge < -0.3 is 29.7 Å². The van der Waals surface area contributed by atoms with E-state index in [1.54, 1.807) is 9.80 Å². The zero-order valence-corrected chi connectivity index (χ0v) is 20.1. The number of nitrogens with one attached hydrogen (secondary N) is 1. The zero-order chi connectivity index (χ0) is 24.5. The highest BCUT2D eigenvalue weighted by Gasteiger charge is 2.53. The molecule has 1 saturated carbocycles. The van der Waals surface area contributed by atoms with Crippen molar-refractivity contribution in [2.75, 3.05) is 26.2 Å². The van der Waals surface area contributed by atoms with Gasteiger partial charge in [0.15, 0.2) is 0 Å². The van der Waals surface area contributed by atoms with E-state index in [-0.39, 0.29) is 49.0 Å². The molecule has 0 aromatic heterocycles. The minimum absolute atomic E-state index is 0.0466. The first-order chi connectivity index (χ1) is 16.2. The highest BCUT2D eigenvalue weighted by atomic mass is 16.6. The number of benzene rings is 1. The summed E-state index contributed by atoms with van der Waals surface area (Å²) in [6.45, 7) is 7.25. The van der Waals surface area contributed by atoms with Crippen LogP contribution in [0.2, 0.25) is 0 Å². The van der Waals surface area contributed by atoms with Gasteiger partial charge in [-0.25, -0.2) is 9.59 Å². The number of rotatable bonds is 5. The summed E-state index contributed by atoms with van der Waals surface area (Å²) in [5.41, 5.74) is 0.320. The summed E-state index contributed by atoms with van der Waals surface area (Å²) in [4.78, 5) is 41.3. The highest BCUT2D eigenvalue weighted by molar-refractivity contribution is 5.87. The maximum Gasteiger partial charge on any atom is 0.410 e. The number of hydrogen-bond donors (Lipinski definition) is 2. The summed E-state index contributed by atoms with van der Waals surface area (Å²) in [6.07, 6.45) is 0.295. The van der Waals surface area contributed by atoms with Gasteiger partial charge in [-0.2, -0.15) is 0 Å². The van der Waals surface area contributed by atoms with Crippen LogP contribution in [0.1, 0.15) is 39.2 Å². The quantitative estimate of drug-likeness (QED) is 0.680. The Morgan fingerprint density at radius 2 is 1.91 bits per heavy atom. The number of fused-ring (bicyclic) bond motifs is 1. The lowest BCUT2D eigenvalue weighted by atomic mass is 9.91. The van der Waals surface area contributed by atoms with E-state index in [9.17, 15) is 19.5 Å². The molecule has 1 aromatic carbocycles. The smallest absolute Gasteiger partial charge is 0.410 e. The molecular formula is C25H35N3O6. The molecule has 9 nitrogen and oxygen atoms in total. The lowest BCUT2D eigenvalue weighted by molar-refractivity contribution is -0.132. The number of aliphatic hydroxyl groups excluding tert-OH is 1. The molecule has 1 aromatic rings. The Labute approximate surface area is 200 Å². The first-order valence-corrected chi connectivity index (χ1v) is 12.0. The van der Waals surface area contributed by atoms with Gasteiger partial charge in [0.25, 0.3) is 0 Å². The standard InChI is InChI=1S/C25H35N3O6/c1-25(2,3)34-24(32)27-12-17-11-21(19(14-29)18(17)13-27)28-10-9-20(22(28)30)26-23(31)33-15-16-7-5-4-6-8-16/h4-8,17-21,29H,9-15H2,1-3H3,(H,26,31). The van der Waals surface area contributed by atoms with Crippen LogP contribution in [0.3, 0.4) is 0 Å². The van der Waals surface area contributed by atoms with Crippen molar-refractivity contribution in [1.29, 1.82) is 0 Å². The van der Waals surface area contributed by atoms with Gasteiger partial charge in [-0.1, -0.05) is 30.3 Å². The van der Waals surface area contributed by atoms with Gasteiger partial charge in [0.05, 0.1) is 0 Å². The van der Waals surface area contributed by atoms with Crippen molar-refractivity contribution in [3.8, 4) is 0 Å². The molecule has 5 unspecified atom stereocenters. The number of amides is 3. The average molecular weight is 474 g/mol. The van der Waals surface area contributed by atoms with E-state index < -0.39 is 17.7 Å². The van der Waals surface area contributed by atoms with E-state index in [1.807, 2.05) is 51.1 Å². The van der Waals surface area contributed by atoms with E-state index in [4.69, 9.17) is 9.47 Å². The van der Waals surface area contributed by atoms with Gasteiger partial charge in [0.2, 0.25) is 5.91 Å². The van der Waals surface area contributed by atoms with Gasteiger partial charge in [-0.05, 0) is 51.0 Å². The highest BCUT2D eigenvalue weighted by Crippen LogP contribution is 2.45. The molecule has 0 spiro atoms. The summed E-state index contributed by atoms with van der Waals surface area (Å²) in [6, 6.07) is 8.65. The molecule has 3 amide bonds. The molecule has 3 fully saturated rings. The van der Waals surface area contributed by atoms with Crippen LogP contribution in [0, 0.1) is 17.8 Å². The van der Waals surface area contributed by atoms with Crippen molar-refractivity contribution in [2.45, 2.75) is 57.9 Å². The molecule has 0 bridgehead atoms. The van der Waals surface area contributed by atoms with Crippen LogP contribution in [-0.2, 0) is 20.9 Å². The van der Waals surface area contributed by atoms with Crippen molar-refractivity contribution in [3.05, 3.63) is 35.9 Å². The number of carbonyl (C=O) groups is 3. The fraction of sp³-hybridized carbons (Fsp3) is 0.640. The fourth-order valence-electron chi connectivity index (χ4n) is 5.56. The second-order valence-corrected chi connectivity index (χ2v) is 10.5. The Morgan fingerprint density at radius 3 is 2.59 bits per heavy atom. The van der Waals surface area contributed by atoms with E-state index in [0.717, 1.165) is 12.0 Å². The number of likely N-dealkylation sites (tertiary alicyclic amines) is 2. The number of carbonyl (C=O) groups excluding carboxylic acids is 3. The molecule has 1 aliphatic carbocycles. The van der Waals surface area contributed by atoms with Crippen molar-refractivity contribution in [3.63, 3.8) is 0 Å².